The Labute approximate surface area is 179 Å². The maximum atomic E-state index is 12.9. The normalized spacial score (nSPS) is 18.1. The second kappa shape index (κ2) is 8.53. The molecule has 0 spiro atoms. The average molecular weight is 486 g/mol. The summed E-state index contributed by atoms with van der Waals surface area (Å²) in [7, 11) is -3.65. The lowest BCUT2D eigenvalue weighted by Gasteiger charge is -2.31. The van der Waals surface area contributed by atoms with E-state index < -0.39 is 15.9 Å². The number of carbonyl (C=O) groups excluding carboxylic acids is 1. The highest BCUT2D eigenvalue weighted by Gasteiger charge is 2.33. The molecule has 28 heavy (non-hydrogen) atoms. The van der Waals surface area contributed by atoms with Crippen molar-refractivity contribution in [3.8, 4) is 0 Å². The number of hydrogen-bond donors (Lipinski definition) is 1. The number of aryl methyl sites for hydroxylation is 2. The lowest BCUT2D eigenvalue weighted by Crippen LogP contribution is -2.43. The first-order chi connectivity index (χ1) is 13.2. The molecule has 2 aromatic rings. The van der Waals surface area contributed by atoms with Crippen molar-refractivity contribution in [2.75, 3.05) is 18.4 Å². The molecule has 1 N–H and O–H groups in total. The van der Waals surface area contributed by atoms with Gasteiger partial charge < -0.3 is 5.32 Å². The minimum absolute atomic E-state index is 0.149. The van der Waals surface area contributed by atoms with E-state index in [1.165, 1.54) is 16.4 Å². The summed E-state index contributed by atoms with van der Waals surface area (Å²) in [5, 5.41) is 3.48. The number of piperidine rings is 1. The number of carbonyl (C=O) groups is 1. The van der Waals surface area contributed by atoms with Gasteiger partial charge in [-0.05, 0) is 74.2 Å². The molecule has 2 aromatic carbocycles. The van der Waals surface area contributed by atoms with Gasteiger partial charge in [0.15, 0.2) is 0 Å². The second-order valence-corrected chi connectivity index (χ2v) is 10.4. The zero-order valence-electron chi connectivity index (χ0n) is 15.7. The average Bonchev–Trinajstić information content (AvgIpc) is 2.65. The Balaban J connectivity index is 1.76. The second-order valence-electron chi connectivity index (χ2n) is 7.06. The minimum Gasteiger partial charge on any atom is -0.325 e. The fourth-order valence-corrected chi connectivity index (χ4v) is 5.80. The van der Waals surface area contributed by atoms with Crippen LogP contribution in [0.1, 0.15) is 24.0 Å². The van der Waals surface area contributed by atoms with Crippen molar-refractivity contribution < 1.29 is 13.2 Å². The third-order valence-electron chi connectivity index (χ3n) is 4.95. The summed E-state index contributed by atoms with van der Waals surface area (Å²) in [6, 6.07) is 10.00. The zero-order valence-corrected chi connectivity index (χ0v) is 18.9. The van der Waals surface area contributed by atoms with Crippen molar-refractivity contribution in [3.05, 3.63) is 57.0 Å². The number of nitrogens with zero attached hydrogens (tertiary/aromatic N) is 1. The molecule has 1 aliphatic rings. The van der Waals surface area contributed by atoms with Crippen LogP contribution >= 0.6 is 27.5 Å². The van der Waals surface area contributed by atoms with Crippen molar-refractivity contribution in [2.24, 2.45) is 5.92 Å². The summed E-state index contributed by atoms with van der Waals surface area (Å²) in [5.74, 6) is -0.539. The Bertz CT molecular complexity index is 970. The van der Waals surface area contributed by atoms with Crippen LogP contribution in [0.3, 0.4) is 0 Å². The van der Waals surface area contributed by atoms with Crippen molar-refractivity contribution in [1.29, 1.82) is 0 Å². The fourth-order valence-electron chi connectivity index (χ4n) is 3.46. The lowest BCUT2D eigenvalue weighted by atomic mass is 9.98. The number of anilines is 1. The molecule has 1 aliphatic heterocycles. The van der Waals surface area contributed by atoms with Crippen LogP contribution in [0.15, 0.2) is 45.8 Å². The Morgan fingerprint density at radius 3 is 2.39 bits per heavy atom. The van der Waals surface area contributed by atoms with E-state index in [2.05, 4.69) is 21.2 Å². The van der Waals surface area contributed by atoms with Gasteiger partial charge in [0.2, 0.25) is 15.9 Å². The molecule has 1 saturated heterocycles. The molecule has 1 heterocycles. The predicted octanol–water partition coefficient (Wildman–Crippen LogP) is 4.76. The van der Waals surface area contributed by atoms with Crippen molar-refractivity contribution in [3.63, 3.8) is 0 Å². The Hall–Kier alpha value is -1.41. The third kappa shape index (κ3) is 4.59. The lowest BCUT2D eigenvalue weighted by molar-refractivity contribution is -0.120. The van der Waals surface area contributed by atoms with Gasteiger partial charge in [-0.25, -0.2) is 8.42 Å². The summed E-state index contributed by atoms with van der Waals surface area (Å²) in [4.78, 5) is 13.0. The Morgan fingerprint density at radius 2 is 1.79 bits per heavy atom. The number of benzene rings is 2. The minimum atomic E-state index is -3.65. The molecule has 0 radical (unpaired) electrons. The van der Waals surface area contributed by atoms with Crippen LogP contribution in [0.25, 0.3) is 0 Å². The first-order valence-electron chi connectivity index (χ1n) is 9.02. The number of hydrogen-bond acceptors (Lipinski definition) is 3. The van der Waals surface area contributed by atoms with Crippen molar-refractivity contribution in [1.82, 2.24) is 4.31 Å². The van der Waals surface area contributed by atoms with Gasteiger partial charge in [0.25, 0.3) is 0 Å². The van der Waals surface area contributed by atoms with Crippen LogP contribution < -0.4 is 5.32 Å². The summed E-state index contributed by atoms with van der Waals surface area (Å²) in [6.07, 6.45) is 1.30. The van der Waals surface area contributed by atoms with Crippen LogP contribution in [0.5, 0.6) is 0 Å². The molecule has 1 atom stereocenters. The maximum Gasteiger partial charge on any atom is 0.243 e. The highest BCUT2D eigenvalue weighted by atomic mass is 79.9. The third-order valence-corrected chi connectivity index (χ3v) is 7.54. The molecular weight excluding hydrogens is 464 g/mol. The number of rotatable bonds is 4. The molecule has 0 unspecified atom stereocenters. The highest BCUT2D eigenvalue weighted by molar-refractivity contribution is 9.10. The standard InChI is InChI=1S/C20H22BrClN2O3S/c1-13-10-16(21)11-14(2)19(13)23-20(25)15-4-3-9-24(12-15)28(26,27)18-7-5-17(22)6-8-18/h5-8,10-11,15H,3-4,9,12H2,1-2H3,(H,23,25)/t15-/m1/s1. The van der Waals surface area contributed by atoms with Gasteiger partial charge in [-0.2, -0.15) is 4.31 Å². The first kappa shape index (κ1) is 21.3. The van der Waals surface area contributed by atoms with E-state index >= 15 is 0 Å². The van der Waals surface area contributed by atoms with Gasteiger partial charge in [0, 0.05) is 28.3 Å². The number of sulfonamides is 1. The quantitative estimate of drug-likeness (QED) is 0.679. The largest absolute Gasteiger partial charge is 0.325 e. The SMILES string of the molecule is Cc1cc(Br)cc(C)c1NC(=O)[C@@H]1CCCN(S(=O)(=O)c2ccc(Cl)cc2)C1. The van der Waals surface area contributed by atoms with E-state index in [9.17, 15) is 13.2 Å². The fraction of sp³-hybridized carbons (Fsp3) is 0.350. The van der Waals surface area contributed by atoms with E-state index in [0.717, 1.165) is 21.3 Å². The molecule has 3 rings (SSSR count). The molecule has 1 fully saturated rings. The Kier molecular flexibility index (Phi) is 6.49. The van der Waals surface area contributed by atoms with Gasteiger partial charge >= 0.3 is 0 Å². The van der Waals surface area contributed by atoms with Gasteiger partial charge in [-0.3, -0.25) is 4.79 Å². The molecule has 0 bridgehead atoms. The van der Waals surface area contributed by atoms with Crippen LogP contribution in [0.2, 0.25) is 5.02 Å². The van der Waals surface area contributed by atoms with E-state index in [1.807, 2.05) is 26.0 Å². The molecule has 0 aliphatic carbocycles. The van der Waals surface area contributed by atoms with Gasteiger partial charge in [-0.15, -0.1) is 0 Å². The monoisotopic (exact) mass is 484 g/mol. The van der Waals surface area contributed by atoms with E-state index in [4.69, 9.17) is 11.6 Å². The van der Waals surface area contributed by atoms with Crippen molar-refractivity contribution >= 4 is 49.1 Å². The Morgan fingerprint density at radius 1 is 1.18 bits per heavy atom. The number of nitrogens with one attached hydrogen (secondary N) is 1. The summed E-state index contributed by atoms with van der Waals surface area (Å²) in [6.45, 7) is 4.45. The predicted molar refractivity (Wildman–Crippen MR) is 115 cm³/mol. The van der Waals surface area contributed by atoms with E-state index in [0.29, 0.717) is 24.4 Å². The highest BCUT2D eigenvalue weighted by Crippen LogP contribution is 2.28. The molecule has 0 saturated carbocycles. The van der Waals surface area contributed by atoms with Gasteiger partial charge in [0.1, 0.15) is 0 Å². The topological polar surface area (TPSA) is 66.5 Å². The number of halogens is 2. The zero-order chi connectivity index (χ0) is 20.5. The summed E-state index contributed by atoms with van der Waals surface area (Å²) >= 11 is 9.31. The van der Waals surface area contributed by atoms with Gasteiger partial charge in [-0.1, -0.05) is 27.5 Å². The van der Waals surface area contributed by atoms with Crippen LogP contribution in [0.4, 0.5) is 5.69 Å². The van der Waals surface area contributed by atoms with Crippen molar-refractivity contribution in [2.45, 2.75) is 31.6 Å². The number of amides is 1. The van der Waals surface area contributed by atoms with Crippen LogP contribution in [-0.2, 0) is 14.8 Å². The first-order valence-corrected chi connectivity index (χ1v) is 11.6. The maximum absolute atomic E-state index is 12.9. The smallest absolute Gasteiger partial charge is 0.243 e. The van der Waals surface area contributed by atoms with Crippen LogP contribution in [0, 0.1) is 19.8 Å². The molecule has 150 valence electrons. The molecule has 5 nitrogen and oxygen atoms in total. The van der Waals surface area contributed by atoms with Crippen LogP contribution in [-0.4, -0.2) is 31.7 Å². The summed E-state index contributed by atoms with van der Waals surface area (Å²) < 4.78 is 28.2. The van der Waals surface area contributed by atoms with Gasteiger partial charge in [0.05, 0.1) is 10.8 Å². The molecular formula is C20H22BrClN2O3S. The van der Waals surface area contributed by atoms with E-state index in [1.54, 1.807) is 12.1 Å². The molecule has 0 aromatic heterocycles. The summed E-state index contributed by atoms with van der Waals surface area (Å²) in [5.41, 5.74) is 2.70. The molecule has 8 heteroatoms. The molecule has 1 amide bonds. The van der Waals surface area contributed by atoms with E-state index in [-0.39, 0.29) is 17.3 Å².